The molecule has 18 heavy (non-hydrogen) atoms. The van der Waals surface area contributed by atoms with E-state index in [4.69, 9.17) is 21.6 Å². The van der Waals surface area contributed by atoms with Gasteiger partial charge in [-0.15, -0.1) is 0 Å². The molecule has 0 N–H and O–H groups in total. The standard InChI is InChI=1S/C12H12ClN3O2/c1-3-18-12(17)11(8-14)15-16(2)10-6-4-9(13)5-7-10/h4-7H,3H2,1-2H3/b15-11+. The summed E-state index contributed by atoms with van der Waals surface area (Å²) in [5.74, 6) is -0.735. The molecule has 0 fully saturated rings. The van der Waals surface area contributed by atoms with E-state index in [1.807, 2.05) is 0 Å². The van der Waals surface area contributed by atoms with Crippen molar-refractivity contribution in [2.75, 3.05) is 18.7 Å². The van der Waals surface area contributed by atoms with Crippen LogP contribution in [-0.2, 0) is 9.53 Å². The Morgan fingerprint density at radius 3 is 2.61 bits per heavy atom. The highest BCUT2D eigenvalue weighted by atomic mass is 35.5. The number of carbonyl (C=O) groups is 1. The third-order valence-corrected chi connectivity index (χ3v) is 2.28. The Bertz CT molecular complexity index is 491. The summed E-state index contributed by atoms with van der Waals surface area (Å²) in [6.07, 6.45) is 0. The molecule has 0 atom stereocenters. The highest BCUT2D eigenvalue weighted by Crippen LogP contribution is 2.16. The Balaban J connectivity index is 2.89. The van der Waals surface area contributed by atoms with Crippen LogP contribution >= 0.6 is 11.6 Å². The zero-order chi connectivity index (χ0) is 13.5. The number of halogens is 1. The molecule has 1 aromatic carbocycles. The number of benzene rings is 1. The van der Waals surface area contributed by atoms with Crippen LogP contribution in [0.25, 0.3) is 0 Å². The van der Waals surface area contributed by atoms with E-state index in [1.165, 1.54) is 5.01 Å². The van der Waals surface area contributed by atoms with Crippen LogP contribution in [0.15, 0.2) is 29.4 Å². The maximum atomic E-state index is 11.4. The van der Waals surface area contributed by atoms with Crippen molar-refractivity contribution < 1.29 is 9.53 Å². The summed E-state index contributed by atoms with van der Waals surface area (Å²) in [6, 6.07) is 8.55. The second-order valence-corrected chi connectivity index (χ2v) is 3.72. The molecule has 0 aliphatic carbocycles. The van der Waals surface area contributed by atoms with E-state index in [1.54, 1.807) is 44.3 Å². The monoisotopic (exact) mass is 265 g/mol. The summed E-state index contributed by atoms with van der Waals surface area (Å²) in [6.45, 7) is 1.86. The van der Waals surface area contributed by atoms with Crippen molar-refractivity contribution in [1.82, 2.24) is 0 Å². The topological polar surface area (TPSA) is 65.7 Å². The smallest absolute Gasteiger partial charge is 0.369 e. The lowest BCUT2D eigenvalue weighted by atomic mass is 10.3. The predicted octanol–water partition coefficient (Wildman–Crippen LogP) is 2.22. The normalized spacial score (nSPS) is 10.7. The number of nitriles is 1. The minimum atomic E-state index is -0.735. The van der Waals surface area contributed by atoms with Gasteiger partial charge in [0.05, 0.1) is 12.3 Å². The summed E-state index contributed by atoms with van der Waals surface area (Å²) in [7, 11) is 1.62. The van der Waals surface area contributed by atoms with Gasteiger partial charge in [0.2, 0.25) is 5.71 Å². The zero-order valence-corrected chi connectivity index (χ0v) is 10.8. The fourth-order valence-electron chi connectivity index (χ4n) is 1.17. The Morgan fingerprint density at radius 2 is 2.11 bits per heavy atom. The molecule has 0 radical (unpaired) electrons. The van der Waals surface area contributed by atoms with Gasteiger partial charge in [-0.2, -0.15) is 10.4 Å². The fourth-order valence-corrected chi connectivity index (χ4v) is 1.30. The summed E-state index contributed by atoms with van der Waals surface area (Å²) in [5, 5.41) is 14.7. The molecule has 1 aromatic rings. The molecule has 0 bridgehead atoms. The van der Waals surface area contributed by atoms with Gasteiger partial charge in [-0.1, -0.05) is 11.6 Å². The van der Waals surface area contributed by atoms with Crippen LogP contribution in [0, 0.1) is 11.3 Å². The van der Waals surface area contributed by atoms with Crippen LogP contribution in [0.3, 0.4) is 0 Å². The first-order chi connectivity index (χ1) is 8.58. The first-order valence-corrected chi connectivity index (χ1v) is 5.61. The van der Waals surface area contributed by atoms with E-state index in [0.717, 1.165) is 0 Å². The molecular formula is C12H12ClN3O2. The molecule has 0 saturated heterocycles. The van der Waals surface area contributed by atoms with Crippen LogP contribution in [-0.4, -0.2) is 25.3 Å². The SMILES string of the molecule is CCOC(=O)/C(C#N)=N/N(C)c1ccc(Cl)cc1. The number of rotatable bonds is 4. The summed E-state index contributed by atoms with van der Waals surface area (Å²) in [5.41, 5.74) is 0.408. The second kappa shape index (κ2) is 6.62. The average Bonchev–Trinajstić information content (AvgIpc) is 2.36. The largest absolute Gasteiger partial charge is 0.461 e. The van der Waals surface area contributed by atoms with Gasteiger partial charge in [-0.25, -0.2) is 4.79 Å². The van der Waals surface area contributed by atoms with Gasteiger partial charge in [0.15, 0.2) is 0 Å². The number of hydrazone groups is 1. The van der Waals surface area contributed by atoms with Crippen molar-refractivity contribution in [3.63, 3.8) is 0 Å². The van der Waals surface area contributed by atoms with Gasteiger partial charge >= 0.3 is 5.97 Å². The summed E-state index contributed by atoms with van der Waals surface area (Å²) < 4.78 is 4.71. The fraction of sp³-hybridized carbons (Fsp3) is 0.250. The molecule has 0 heterocycles. The lowest BCUT2D eigenvalue weighted by molar-refractivity contribution is -0.134. The molecule has 0 spiro atoms. The van der Waals surface area contributed by atoms with E-state index in [0.29, 0.717) is 10.7 Å². The van der Waals surface area contributed by atoms with Crippen molar-refractivity contribution >= 4 is 29.0 Å². The molecule has 1 rings (SSSR count). The lowest BCUT2D eigenvalue weighted by Gasteiger charge is -2.13. The molecule has 0 saturated carbocycles. The first-order valence-electron chi connectivity index (χ1n) is 5.23. The summed E-state index contributed by atoms with van der Waals surface area (Å²) in [4.78, 5) is 11.4. The van der Waals surface area contributed by atoms with E-state index >= 15 is 0 Å². The maximum absolute atomic E-state index is 11.4. The Kier molecular flexibility index (Phi) is 5.15. The number of ether oxygens (including phenoxy) is 1. The van der Waals surface area contributed by atoms with Gasteiger partial charge in [-0.05, 0) is 31.2 Å². The van der Waals surface area contributed by atoms with Gasteiger partial charge in [0, 0.05) is 12.1 Å². The minimum absolute atomic E-state index is 0.199. The molecule has 0 unspecified atom stereocenters. The molecule has 0 aliphatic rings. The van der Waals surface area contributed by atoms with E-state index in [-0.39, 0.29) is 12.3 Å². The van der Waals surface area contributed by atoms with Gasteiger partial charge < -0.3 is 4.74 Å². The number of hydrogen-bond acceptors (Lipinski definition) is 5. The molecule has 6 heteroatoms. The number of anilines is 1. The Hall–Kier alpha value is -2.06. The van der Waals surface area contributed by atoms with E-state index in [9.17, 15) is 4.79 Å². The molecular weight excluding hydrogens is 254 g/mol. The number of hydrogen-bond donors (Lipinski definition) is 0. The van der Waals surface area contributed by atoms with Crippen molar-refractivity contribution in [3.05, 3.63) is 29.3 Å². The van der Waals surface area contributed by atoms with Crippen molar-refractivity contribution in [3.8, 4) is 6.07 Å². The van der Waals surface area contributed by atoms with Crippen molar-refractivity contribution in [2.24, 2.45) is 5.10 Å². The lowest BCUT2D eigenvalue weighted by Crippen LogP contribution is -2.21. The molecule has 94 valence electrons. The van der Waals surface area contributed by atoms with E-state index < -0.39 is 5.97 Å². The number of carbonyl (C=O) groups excluding carboxylic acids is 1. The van der Waals surface area contributed by atoms with Gasteiger partial charge in [0.1, 0.15) is 6.07 Å². The third-order valence-electron chi connectivity index (χ3n) is 2.02. The Morgan fingerprint density at radius 1 is 1.50 bits per heavy atom. The van der Waals surface area contributed by atoms with Gasteiger partial charge in [-0.3, -0.25) is 5.01 Å². The van der Waals surface area contributed by atoms with Crippen LogP contribution in [0.5, 0.6) is 0 Å². The van der Waals surface area contributed by atoms with Crippen molar-refractivity contribution in [1.29, 1.82) is 5.26 Å². The first kappa shape index (κ1) is 14.0. The number of esters is 1. The highest BCUT2D eigenvalue weighted by Gasteiger charge is 2.13. The quantitative estimate of drug-likeness (QED) is 0.476. The van der Waals surface area contributed by atoms with Crippen LogP contribution in [0.4, 0.5) is 5.69 Å². The predicted molar refractivity (Wildman–Crippen MR) is 69.5 cm³/mol. The third kappa shape index (κ3) is 3.75. The Labute approximate surface area is 110 Å². The van der Waals surface area contributed by atoms with E-state index in [2.05, 4.69) is 5.10 Å². The van der Waals surface area contributed by atoms with Crippen molar-refractivity contribution in [2.45, 2.75) is 6.92 Å². The van der Waals surface area contributed by atoms with Crippen LogP contribution < -0.4 is 5.01 Å². The highest BCUT2D eigenvalue weighted by molar-refractivity contribution is 6.43. The molecule has 0 aromatic heterocycles. The summed E-state index contributed by atoms with van der Waals surface area (Å²) >= 11 is 5.76. The molecule has 0 aliphatic heterocycles. The van der Waals surface area contributed by atoms with Crippen LogP contribution in [0.1, 0.15) is 6.92 Å². The minimum Gasteiger partial charge on any atom is -0.461 e. The zero-order valence-electron chi connectivity index (χ0n) is 10.1. The average molecular weight is 266 g/mol. The maximum Gasteiger partial charge on any atom is 0.369 e. The molecule has 5 nitrogen and oxygen atoms in total. The number of nitrogens with zero attached hydrogens (tertiary/aromatic N) is 3. The van der Waals surface area contributed by atoms with Crippen LogP contribution in [0.2, 0.25) is 5.02 Å². The molecule has 0 amide bonds. The van der Waals surface area contributed by atoms with Gasteiger partial charge in [0.25, 0.3) is 0 Å². The second-order valence-electron chi connectivity index (χ2n) is 3.28.